The Hall–Kier alpha value is -1.87. The van der Waals surface area contributed by atoms with Gasteiger partial charge in [0.1, 0.15) is 16.3 Å². The average Bonchev–Trinajstić information content (AvgIpc) is 2.45. The van der Waals surface area contributed by atoms with Crippen molar-refractivity contribution in [3.8, 4) is 0 Å². The molecule has 134 valence electrons. The molecule has 0 unspecified atom stereocenters. The van der Waals surface area contributed by atoms with E-state index >= 15 is 0 Å². The molecule has 1 aromatic carbocycles. The molecule has 2 N–H and O–H groups in total. The number of nitrogen functional groups attached to an aromatic ring is 1. The second kappa shape index (κ2) is 6.56. The molecule has 1 heterocycles. The summed E-state index contributed by atoms with van der Waals surface area (Å²) in [6.45, 7) is 5.80. The molecule has 0 bridgehead atoms. The van der Waals surface area contributed by atoms with Crippen molar-refractivity contribution in [3.05, 3.63) is 24.0 Å². The summed E-state index contributed by atoms with van der Waals surface area (Å²) in [6, 6.07) is 3.47. The summed E-state index contributed by atoms with van der Waals surface area (Å²) >= 11 is 0. The number of piperazine rings is 1. The lowest BCUT2D eigenvalue weighted by atomic mass is 10.2. The van der Waals surface area contributed by atoms with Gasteiger partial charge in [-0.25, -0.2) is 17.6 Å². The van der Waals surface area contributed by atoms with Crippen LogP contribution in [0, 0.1) is 5.82 Å². The van der Waals surface area contributed by atoms with Gasteiger partial charge in [-0.1, -0.05) is 0 Å². The number of hydrogen-bond donors (Lipinski definition) is 1. The Labute approximate surface area is 141 Å². The highest BCUT2D eigenvalue weighted by molar-refractivity contribution is 7.89. The van der Waals surface area contributed by atoms with Crippen LogP contribution in [0.3, 0.4) is 0 Å². The normalized spacial score (nSPS) is 16.9. The van der Waals surface area contributed by atoms with Gasteiger partial charge in [-0.2, -0.15) is 4.31 Å². The SMILES string of the molecule is CC(C)(C)OC(=O)N1CCN(S(=O)(=O)c2ccc(N)cc2F)CC1. The number of hydrogen-bond acceptors (Lipinski definition) is 5. The number of carbonyl (C=O) groups is 1. The van der Waals surface area contributed by atoms with Crippen LogP contribution in [0.1, 0.15) is 20.8 Å². The first-order valence-electron chi connectivity index (χ1n) is 7.54. The molecular weight excluding hydrogens is 337 g/mol. The van der Waals surface area contributed by atoms with Gasteiger partial charge in [-0.05, 0) is 39.0 Å². The summed E-state index contributed by atoms with van der Waals surface area (Å²) in [5.41, 5.74) is 4.98. The molecule has 0 saturated carbocycles. The van der Waals surface area contributed by atoms with Crippen LogP contribution in [0.15, 0.2) is 23.1 Å². The Morgan fingerprint density at radius 2 is 1.79 bits per heavy atom. The number of nitrogens with zero attached hydrogens (tertiary/aromatic N) is 2. The van der Waals surface area contributed by atoms with E-state index < -0.39 is 32.4 Å². The molecule has 0 aromatic heterocycles. The van der Waals surface area contributed by atoms with Crippen molar-refractivity contribution in [1.82, 2.24) is 9.21 Å². The van der Waals surface area contributed by atoms with E-state index in [-0.39, 0.29) is 31.9 Å². The average molecular weight is 359 g/mol. The first-order chi connectivity index (χ1) is 11.0. The molecule has 7 nitrogen and oxygen atoms in total. The zero-order chi connectivity index (χ0) is 18.1. The minimum absolute atomic E-state index is 0.0748. The summed E-state index contributed by atoms with van der Waals surface area (Å²) in [5, 5.41) is 0. The number of benzene rings is 1. The van der Waals surface area contributed by atoms with Gasteiger partial charge in [0.15, 0.2) is 0 Å². The lowest BCUT2D eigenvalue weighted by Gasteiger charge is -2.35. The molecule has 1 amide bonds. The summed E-state index contributed by atoms with van der Waals surface area (Å²) in [4.78, 5) is 13.0. The summed E-state index contributed by atoms with van der Waals surface area (Å²) in [7, 11) is -3.97. The van der Waals surface area contributed by atoms with Crippen molar-refractivity contribution in [1.29, 1.82) is 0 Å². The largest absolute Gasteiger partial charge is 0.444 e. The minimum atomic E-state index is -3.97. The third-order valence-electron chi connectivity index (χ3n) is 3.46. The van der Waals surface area contributed by atoms with Crippen molar-refractivity contribution < 1.29 is 22.3 Å². The van der Waals surface area contributed by atoms with Crippen LogP contribution < -0.4 is 5.73 Å². The number of ether oxygens (including phenoxy) is 1. The second-order valence-electron chi connectivity index (χ2n) is 6.56. The van der Waals surface area contributed by atoms with Crippen molar-refractivity contribution >= 4 is 21.8 Å². The molecule has 0 aliphatic carbocycles. The fourth-order valence-electron chi connectivity index (χ4n) is 2.30. The molecule has 0 atom stereocenters. The number of carbonyl (C=O) groups excluding carboxylic acids is 1. The van der Waals surface area contributed by atoms with E-state index in [0.29, 0.717) is 0 Å². The topological polar surface area (TPSA) is 92.9 Å². The standard InChI is InChI=1S/C15H22FN3O4S/c1-15(2,3)23-14(20)18-6-8-19(9-7-18)24(21,22)13-5-4-11(17)10-12(13)16/h4-5,10H,6-9,17H2,1-3H3. The highest BCUT2D eigenvalue weighted by Gasteiger charge is 2.33. The smallest absolute Gasteiger partial charge is 0.410 e. The van der Waals surface area contributed by atoms with Crippen LogP contribution in [0.4, 0.5) is 14.9 Å². The maximum absolute atomic E-state index is 13.9. The molecule has 2 rings (SSSR count). The molecule has 1 aromatic rings. The molecular formula is C15H22FN3O4S. The van der Waals surface area contributed by atoms with Gasteiger partial charge in [0.25, 0.3) is 0 Å². The molecule has 1 aliphatic heterocycles. The van der Waals surface area contributed by atoms with Gasteiger partial charge in [-0.3, -0.25) is 0 Å². The van der Waals surface area contributed by atoms with Gasteiger partial charge >= 0.3 is 6.09 Å². The van der Waals surface area contributed by atoms with E-state index in [4.69, 9.17) is 10.5 Å². The van der Waals surface area contributed by atoms with Gasteiger partial charge < -0.3 is 15.4 Å². The molecule has 9 heteroatoms. The molecule has 24 heavy (non-hydrogen) atoms. The van der Waals surface area contributed by atoms with Gasteiger partial charge in [-0.15, -0.1) is 0 Å². The fourth-order valence-corrected chi connectivity index (χ4v) is 3.77. The summed E-state index contributed by atoms with van der Waals surface area (Å²) < 4.78 is 45.4. The lowest BCUT2D eigenvalue weighted by molar-refractivity contribution is 0.0192. The van der Waals surface area contributed by atoms with Crippen LogP contribution in [0.2, 0.25) is 0 Å². The van der Waals surface area contributed by atoms with E-state index in [1.807, 2.05) is 0 Å². The van der Waals surface area contributed by atoms with E-state index in [2.05, 4.69) is 0 Å². The van der Waals surface area contributed by atoms with Crippen molar-refractivity contribution in [2.24, 2.45) is 0 Å². The molecule has 0 spiro atoms. The van der Waals surface area contributed by atoms with E-state index in [0.717, 1.165) is 16.4 Å². The Kier molecular flexibility index (Phi) is 5.05. The summed E-state index contributed by atoms with van der Waals surface area (Å²) in [5.74, 6) is -0.885. The zero-order valence-corrected chi connectivity index (χ0v) is 14.8. The van der Waals surface area contributed by atoms with Gasteiger partial charge in [0.2, 0.25) is 10.0 Å². The molecule has 1 fully saturated rings. The van der Waals surface area contributed by atoms with Crippen LogP contribution in [-0.2, 0) is 14.8 Å². The number of sulfonamides is 1. The van der Waals surface area contributed by atoms with Crippen LogP contribution >= 0.6 is 0 Å². The highest BCUT2D eigenvalue weighted by Crippen LogP contribution is 2.23. The Balaban J connectivity index is 2.07. The highest BCUT2D eigenvalue weighted by atomic mass is 32.2. The van der Waals surface area contributed by atoms with Crippen LogP contribution in [0.5, 0.6) is 0 Å². The third-order valence-corrected chi connectivity index (χ3v) is 5.40. The van der Waals surface area contributed by atoms with E-state index in [1.165, 1.54) is 11.0 Å². The van der Waals surface area contributed by atoms with Crippen molar-refractivity contribution in [2.45, 2.75) is 31.3 Å². The van der Waals surface area contributed by atoms with Crippen molar-refractivity contribution in [3.63, 3.8) is 0 Å². The first-order valence-corrected chi connectivity index (χ1v) is 8.98. The predicted molar refractivity (Wildman–Crippen MR) is 87.4 cm³/mol. The van der Waals surface area contributed by atoms with Crippen LogP contribution in [0.25, 0.3) is 0 Å². The third kappa shape index (κ3) is 4.15. The monoisotopic (exact) mass is 359 g/mol. The number of amides is 1. The summed E-state index contributed by atoms with van der Waals surface area (Å²) in [6.07, 6.45) is -0.488. The van der Waals surface area contributed by atoms with Crippen LogP contribution in [-0.4, -0.2) is 55.5 Å². The van der Waals surface area contributed by atoms with E-state index in [9.17, 15) is 17.6 Å². The quantitative estimate of drug-likeness (QED) is 0.811. The number of anilines is 1. The molecule has 1 saturated heterocycles. The zero-order valence-electron chi connectivity index (χ0n) is 14.0. The predicted octanol–water partition coefficient (Wildman–Crippen LogP) is 1.65. The fraction of sp³-hybridized carbons (Fsp3) is 0.533. The lowest BCUT2D eigenvalue weighted by Crippen LogP contribution is -2.51. The maximum atomic E-state index is 13.9. The Bertz CT molecular complexity index is 723. The second-order valence-corrected chi connectivity index (χ2v) is 8.47. The number of halogens is 1. The number of rotatable bonds is 2. The Morgan fingerprint density at radius 3 is 2.29 bits per heavy atom. The molecule has 0 radical (unpaired) electrons. The van der Waals surface area contributed by atoms with E-state index in [1.54, 1.807) is 20.8 Å². The minimum Gasteiger partial charge on any atom is -0.444 e. The van der Waals surface area contributed by atoms with Crippen molar-refractivity contribution in [2.75, 3.05) is 31.9 Å². The van der Waals surface area contributed by atoms with Gasteiger partial charge in [0.05, 0.1) is 0 Å². The van der Waals surface area contributed by atoms with Gasteiger partial charge in [0, 0.05) is 31.9 Å². The Morgan fingerprint density at radius 1 is 1.21 bits per heavy atom. The number of nitrogens with two attached hydrogens (primary N) is 1. The maximum Gasteiger partial charge on any atom is 0.410 e. The molecule has 1 aliphatic rings. The first kappa shape index (κ1) is 18.5.